The Hall–Kier alpha value is -2.65. The number of hydrazine groups is 1. The molecule has 20 heavy (non-hydrogen) atoms. The Balaban J connectivity index is 2.20. The zero-order valence-electron chi connectivity index (χ0n) is 11.5. The molecule has 6 nitrogen and oxygen atoms in total. The summed E-state index contributed by atoms with van der Waals surface area (Å²) in [5, 5.41) is 8.92. The Labute approximate surface area is 117 Å². The highest BCUT2D eigenvalue weighted by molar-refractivity contribution is 5.51. The molecule has 0 fully saturated rings. The Morgan fingerprint density at radius 1 is 1.35 bits per heavy atom. The van der Waals surface area contributed by atoms with E-state index in [1.165, 1.54) is 0 Å². The molecule has 0 saturated heterocycles. The second-order valence-corrected chi connectivity index (χ2v) is 4.47. The van der Waals surface area contributed by atoms with Crippen LogP contribution >= 0.6 is 0 Å². The molecule has 1 aromatic carbocycles. The van der Waals surface area contributed by atoms with E-state index in [0.717, 1.165) is 11.4 Å². The molecule has 0 aliphatic carbocycles. The second-order valence-electron chi connectivity index (χ2n) is 4.47. The maximum Gasteiger partial charge on any atom is 0.150 e. The van der Waals surface area contributed by atoms with E-state index >= 15 is 0 Å². The number of hydrogen-bond donors (Lipinski definition) is 2. The average molecular weight is 268 g/mol. The van der Waals surface area contributed by atoms with Crippen LogP contribution in [-0.4, -0.2) is 17.0 Å². The van der Waals surface area contributed by atoms with Crippen LogP contribution < -0.4 is 16.2 Å². The summed E-state index contributed by atoms with van der Waals surface area (Å²) in [6, 6.07) is 11.3. The quantitative estimate of drug-likeness (QED) is 0.646. The SMILES string of the molecule is Cc1cc(NN)nc(CN(C)c2cccc(C#N)c2)n1. The van der Waals surface area contributed by atoms with Gasteiger partial charge in [0.05, 0.1) is 18.2 Å². The van der Waals surface area contributed by atoms with Crippen LogP contribution in [0.3, 0.4) is 0 Å². The van der Waals surface area contributed by atoms with Gasteiger partial charge in [0, 0.05) is 24.5 Å². The largest absolute Gasteiger partial charge is 0.367 e. The van der Waals surface area contributed by atoms with Crippen LogP contribution in [0.5, 0.6) is 0 Å². The molecule has 3 N–H and O–H groups in total. The summed E-state index contributed by atoms with van der Waals surface area (Å²) in [4.78, 5) is 10.7. The van der Waals surface area contributed by atoms with E-state index in [4.69, 9.17) is 11.1 Å². The first-order valence-electron chi connectivity index (χ1n) is 6.15. The van der Waals surface area contributed by atoms with Gasteiger partial charge in [-0.15, -0.1) is 0 Å². The Kier molecular flexibility index (Phi) is 4.13. The first-order valence-corrected chi connectivity index (χ1v) is 6.15. The number of nitrogen functional groups attached to an aromatic ring is 1. The lowest BCUT2D eigenvalue weighted by Gasteiger charge is -2.19. The third kappa shape index (κ3) is 3.22. The van der Waals surface area contributed by atoms with Gasteiger partial charge in [0.15, 0.2) is 0 Å². The molecule has 102 valence electrons. The van der Waals surface area contributed by atoms with E-state index in [1.807, 2.05) is 37.1 Å². The summed E-state index contributed by atoms with van der Waals surface area (Å²) in [6.45, 7) is 2.42. The minimum absolute atomic E-state index is 0.533. The third-order valence-electron chi connectivity index (χ3n) is 2.84. The van der Waals surface area contributed by atoms with Gasteiger partial charge in [-0.25, -0.2) is 15.8 Å². The first-order chi connectivity index (χ1) is 9.62. The molecule has 0 bridgehead atoms. The second kappa shape index (κ2) is 5.99. The van der Waals surface area contributed by atoms with E-state index in [-0.39, 0.29) is 0 Å². The van der Waals surface area contributed by atoms with Crippen LogP contribution in [0.25, 0.3) is 0 Å². The van der Waals surface area contributed by atoms with Gasteiger partial charge in [-0.2, -0.15) is 5.26 Å². The van der Waals surface area contributed by atoms with Crippen LogP contribution in [0.4, 0.5) is 11.5 Å². The summed E-state index contributed by atoms with van der Waals surface area (Å²) >= 11 is 0. The van der Waals surface area contributed by atoms with Crippen LogP contribution in [0.1, 0.15) is 17.1 Å². The number of hydrogen-bond acceptors (Lipinski definition) is 6. The molecule has 2 rings (SSSR count). The number of nitrogens with two attached hydrogens (primary N) is 1. The third-order valence-corrected chi connectivity index (χ3v) is 2.84. The average Bonchev–Trinajstić information content (AvgIpc) is 2.46. The van der Waals surface area contributed by atoms with Crippen molar-refractivity contribution in [2.45, 2.75) is 13.5 Å². The molecule has 0 aliphatic rings. The summed E-state index contributed by atoms with van der Waals surface area (Å²) < 4.78 is 0. The highest BCUT2D eigenvalue weighted by Crippen LogP contribution is 2.16. The molecule has 1 aromatic heterocycles. The maximum absolute atomic E-state index is 8.92. The normalized spacial score (nSPS) is 9.90. The van der Waals surface area contributed by atoms with Gasteiger partial charge in [-0.1, -0.05) is 6.07 Å². The summed E-state index contributed by atoms with van der Waals surface area (Å²) in [7, 11) is 1.93. The molecule has 1 heterocycles. The Morgan fingerprint density at radius 2 is 2.15 bits per heavy atom. The highest BCUT2D eigenvalue weighted by Gasteiger charge is 2.07. The molecule has 0 aliphatic heterocycles. The van der Waals surface area contributed by atoms with Gasteiger partial charge in [0.25, 0.3) is 0 Å². The van der Waals surface area contributed by atoms with Gasteiger partial charge in [0.2, 0.25) is 0 Å². The molecule has 0 spiro atoms. The van der Waals surface area contributed by atoms with Crippen molar-refractivity contribution in [2.75, 3.05) is 17.4 Å². The van der Waals surface area contributed by atoms with Crippen LogP contribution in [0.15, 0.2) is 30.3 Å². The monoisotopic (exact) mass is 268 g/mol. The van der Waals surface area contributed by atoms with Gasteiger partial charge < -0.3 is 10.3 Å². The zero-order chi connectivity index (χ0) is 14.5. The van der Waals surface area contributed by atoms with Crippen molar-refractivity contribution in [1.82, 2.24) is 9.97 Å². The summed E-state index contributed by atoms with van der Waals surface area (Å²) in [5.74, 6) is 6.64. The smallest absolute Gasteiger partial charge is 0.150 e. The fraction of sp³-hybridized carbons (Fsp3) is 0.214. The van der Waals surface area contributed by atoms with Crippen molar-refractivity contribution in [1.29, 1.82) is 5.26 Å². The van der Waals surface area contributed by atoms with E-state index < -0.39 is 0 Å². The lowest BCUT2D eigenvalue weighted by atomic mass is 10.2. The lowest BCUT2D eigenvalue weighted by molar-refractivity contribution is 0.828. The molecular weight excluding hydrogens is 252 g/mol. The summed E-state index contributed by atoms with van der Waals surface area (Å²) in [6.07, 6.45) is 0. The van der Waals surface area contributed by atoms with E-state index in [9.17, 15) is 0 Å². The highest BCUT2D eigenvalue weighted by atomic mass is 15.3. The Morgan fingerprint density at radius 3 is 2.85 bits per heavy atom. The van der Waals surface area contributed by atoms with Gasteiger partial charge in [-0.3, -0.25) is 0 Å². The molecule has 0 radical (unpaired) electrons. The molecular formula is C14H16N6. The number of aryl methyl sites for hydroxylation is 1. The minimum Gasteiger partial charge on any atom is -0.367 e. The topological polar surface area (TPSA) is 90.9 Å². The first kappa shape index (κ1) is 13.8. The van der Waals surface area contributed by atoms with E-state index in [0.29, 0.717) is 23.8 Å². The van der Waals surface area contributed by atoms with Crippen molar-refractivity contribution < 1.29 is 0 Å². The number of benzene rings is 1. The van der Waals surface area contributed by atoms with E-state index in [1.54, 1.807) is 12.1 Å². The molecule has 2 aromatic rings. The van der Waals surface area contributed by atoms with Crippen molar-refractivity contribution in [3.05, 3.63) is 47.4 Å². The molecule has 0 atom stereocenters. The van der Waals surface area contributed by atoms with Crippen molar-refractivity contribution >= 4 is 11.5 Å². The predicted molar refractivity (Wildman–Crippen MR) is 77.8 cm³/mol. The number of anilines is 2. The number of nitrogens with one attached hydrogen (secondary N) is 1. The minimum atomic E-state index is 0.533. The fourth-order valence-corrected chi connectivity index (χ4v) is 1.89. The standard InChI is InChI=1S/C14H16N6/c1-10-6-13(19-16)18-14(17-10)9-20(2)12-5-3-4-11(7-12)8-15/h3-7H,9,16H2,1-2H3,(H,17,18,19). The number of rotatable bonds is 4. The number of nitriles is 1. The van der Waals surface area contributed by atoms with Gasteiger partial charge in [0.1, 0.15) is 11.6 Å². The van der Waals surface area contributed by atoms with Crippen molar-refractivity contribution in [3.63, 3.8) is 0 Å². The molecule has 6 heteroatoms. The summed E-state index contributed by atoms with van der Waals surface area (Å²) in [5.41, 5.74) is 4.95. The maximum atomic E-state index is 8.92. The molecule has 0 unspecified atom stereocenters. The van der Waals surface area contributed by atoms with Crippen LogP contribution in [0.2, 0.25) is 0 Å². The van der Waals surface area contributed by atoms with Crippen molar-refractivity contribution in [2.24, 2.45) is 5.84 Å². The van der Waals surface area contributed by atoms with E-state index in [2.05, 4.69) is 21.5 Å². The fourth-order valence-electron chi connectivity index (χ4n) is 1.89. The van der Waals surface area contributed by atoms with Crippen LogP contribution in [0, 0.1) is 18.3 Å². The molecule has 0 amide bonds. The lowest BCUT2D eigenvalue weighted by Crippen LogP contribution is -2.20. The Bertz CT molecular complexity index is 646. The van der Waals surface area contributed by atoms with Crippen LogP contribution in [-0.2, 0) is 6.54 Å². The number of aromatic nitrogens is 2. The van der Waals surface area contributed by atoms with Gasteiger partial charge >= 0.3 is 0 Å². The zero-order valence-corrected chi connectivity index (χ0v) is 11.5. The van der Waals surface area contributed by atoms with Gasteiger partial charge in [-0.05, 0) is 25.1 Å². The number of nitrogens with zero attached hydrogens (tertiary/aromatic N) is 4. The van der Waals surface area contributed by atoms with Crippen molar-refractivity contribution in [3.8, 4) is 6.07 Å². The predicted octanol–water partition coefficient (Wildman–Crippen LogP) is 1.58. The molecule has 0 saturated carbocycles.